The van der Waals surface area contributed by atoms with Gasteiger partial charge in [0.15, 0.2) is 0 Å². The van der Waals surface area contributed by atoms with Crippen molar-refractivity contribution in [1.29, 1.82) is 0 Å². The van der Waals surface area contributed by atoms with Crippen LogP contribution in [0.2, 0.25) is 0 Å². The molecule has 2 rings (SSSR count). The maximum atomic E-state index is 4.34. The van der Waals surface area contributed by atoms with Gasteiger partial charge in [-0.05, 0) is 32.7 Å². The lowest BCUT2D eigenvalue weighted by Gasteiger charge is -2.24. The van der Waals surface area contributed by atoms with Gasteiger partial charge in [-0.2, -0.15) is 5.10 Å². The smallest absolute Gasteiger partial charge is 0.0562 e. The van der Waals surface area contributed by atoms with E-state index < -0.39 is 0 Å². The first-order chi connectivity index (χ1) is 8.83. The molecule has 0 saturated heterocycles. The molecule has 1 aliphatic carbocycles. The van der Waals surface area contributed by atoms with E-state index >= 15 is 0 Å². The van der Waals surface area contributed by atoms with Gasteiger partial charge in [-0.3, -0.25) is 4.68 Å². The Morgan fingerprint density at radius 2 is 2.22 bits per heavy atom. The van der Waals surface area contributed by atoms with Gasteiger partial charge in [0.05, 0.1) is 6.20 Å². The maximum Gasteiger partial charge on any atom is 0.0562 e. The van der Waals surface area contributed by atoms with Crippen LogP contribution in [-0.2, 0) is 6.54 Å². The summed E-state index contributed by atoms with van der Waals surface area (Å²) in [4.78, 5) is 0. The highest BCUT2D eigenvalue weighted by atomic mass is 15.3. The Kier molecular flexibility index (Phi) is 5.00. The predicted molar refractivity (Wildman–Crippen MR) is 76.4 cm³/mol. The van der Waals surface area contributed by atoms with Crippen LogP contribution < -0.4 is 5.32 Å². The molecule has 0 radical (unpaired) electrons. The molecule has 0 bridgehead atoms. The van der Waals surface area contributed by atoms with E-state index in [4.69, 9.17) is 0 Å². The number of nitrogens with zero attached hydrogens (tertiary/aromatic N) is 2. The lowest BCUT2D eigenvalue weighted by atomic mass is 9.83. The van der Waals surface area contributed by atoms with Crippen LogP contribution in [0.1, 0.15) is 44.6 Å². The Morgan fingerprint density at radius 1 is 1.44 bits per heavy atom. The fourth-order valence-corrected chi connectivity index (χ4v) is 2.83. The minimum Gasteiger partial charge on any atom is -0.316 e. The largest absolute Gasteiger partial charge is 0.316 e. The molecule has 1 heterocycles. The van der Waals surface area contributed by atoms with Crippen LogP contribution in [0.5, 0.6) is 0 Å². The second-order valence-electron chi connectivity index (χ2n) is 5.21. The van der Waals surface area contributed by atoms with Crippen molar-refractivity contribution < 1.29 is 0 Å². The quantitative estimate of drug-likeness (QED) is 0.866. The van der Waals surface area contributed by atoms with Crippen LogP contribution in [0.4, 0.5) is 0 Å². The summed E-state index contributed by atoms with van der Waals surface area (Å²) in [5, 5.41) is 7.66. The van der Waals surface area contributed by atoms with Crippen LogP contribution in [0.25, 0.3) is 6.08 Å². The van der Waals surface area contributed by atoms with E-state index in [1.807, 2.05) is 17.9 Å². The van der Waals surface area contributed by atoms with E-state index in [9.17, 15) is 0 Å². The Bertz CT molecular complexity index is 386. The molecule has 1 aromatic heterocycles. The molecule has 100 valence electrons. The minimum absolute atomic E-state index is 0.774. The molecule has 1 fully saturated rings. The summed E-state index contributed by atoms with van der Waals surface area (Å²) in [6.07, 6.45) is 13.4. The van der Waals surface area contributed by atoms with Gasteiger partial charge in [-0.15, -0.1) is 0 Å². The van der Waals surface area contributed by atoms with E-state index in [0.717, 1.165) is 19.0 Å². The standard InChI is InChI=1S/C15H25N3/c1-3-18-12-13(10-17-18)9-15(11-16-2)14-7-5-4-6-8-14/h9-10,12,14,16H,3-8,11H2,1-2H3/b15-9-. The summed E-state index contributed by atoms with van der Waals surface area (Å²) in [6.45, 7) is 4.07. The highest BCUT2D eigenvalue weighted by Gasteiger charge is 2.17. The zero-order valence-corrected chi connectivity index (χ0v) is 11.7. The lowest BCUT2D eigenvalue weighted by Crippen LogP contribution is -2.19. The van der Waals surface area contributed by atoms with Crippen LogP contribution in [0, 0.1) is 5.92 Å². The summed E-state index contributed by atoms with van der Waals surface area (Å²) in [5.74, 6) is 0.774. The molecule has 0 amide bonds. The van der Waals surface area contributed by atoms with Gasteiger partial charge in [-0.1, -0.05) is 30.9 Å². The number of hydrogen-bond donors (Lipinski definition) is 1. The van der Waals surface area contributed by atoms with Crippen LogP contribution in [0.15, 0.2) is 18.0 Å². The molecular weight excluding hydrogens is 222 g/mol. The lowest BCUT2D eigenvalue weighted by molar-refractivity contribution is 0.398. The number of aromatic nitrogens is 2. The fraction of sp³-hybridized carbons (Fsp3) is 0.667. The summed E-state index contributed by atoms with van der Waals surface area (Å²) >= 11 is 0. The average Bonchev–Trinajstić information content (AvgIpc) is 2.87. The van der Waals surface area contributed by atoms with E-state index in [1.165, 1.54) is 37.7 Å². The van der Waals surface area contributed by atoms with Crippen molar-refractivity contribution in [3.05, 3.63) is 23.5 Å². The van der Waals surface area contributed by atoms with Gasteiger partial charge < -0.3 is 5.32 Å². The molecule has 18 heavy (non-hydrogen) atoms. The molecular formula is C15H25N3. The SMILES string of the molecule is CCn1cc(/C=C(/CNC)C2CCCCC2)cn1. The Labute approximate surface area is 110 Å². The summed E-state index contributed by atoms with van der Waals surface area (Å²) in [6, 6.07) is 0. The van der Waals surface area contributed by atoms with E-state index in [0.29, 0.717) is 0 Å². The van der Waals surface area contributed by atoms with Crippen molar-refractivity contribution in [1.82, 2.24) is 15.1 Å². The first-order valence-corrected chi connectivity index (χ1v) is 7.21. The van der Waals surface area contributed by atoms with Gasteiger partial charge in [0.1, 0.15) is 0 Å². The second kappa shape index (κ2) is 6.74. The molecule has 3 nitrogen and oxygen atoms in total. The van der Waals surface area contributed by atoms with Crippen molar-refractivity contribution in [3.63, 3.8) is 0 Å². The highest BCUT2D eigenvalue weighted by molar-refractivity contribution is 5.52. The third kappa shape index (κ3) is 3.45. The van der Waals surface area contributed by atoms with Crippen LogP contribution in [-0.4, -0.2) is 23.4 Å². The van der Waals surface area contributed by atoms with E-state index in [2.05, 4.69) is 29.6 Å². The van der Waals surface area contributed by atoms with Gasteiger partial charge in [-0.25, -0.2) is 0 Å². The summed E-state index contributed by atoms with van der Waals surface area (Å²) in [7, 11) is 2.03. The molecule has 3 heteroatoms. The predicted octanol–water partition coefficient (Wildman–Crippen LogP) is 3.09. The molecule has 1 aliphatic rings. The normalized spacial score (nSPS) is 18.2. The third-order valence-electron chi connectivity index (χ3n) is 3.84. The molecule has 0 unspecified atom stereocenters. The van der Waals surface area contributed by atoms with Crippen molar-refractivity contribution in [3.8, 4) is 0 Å². The number of likely N-dealkylation sites (N-methyl/N-ethyl adjacent to an activating group) is 1. The molecule has 1 N–H and O–H groups in total. The zero-order chi connectivity index (χ0) is 12.8. The summed E-state index contributed by atoms with van der Waals surface area (Å²) in [5.41, 5.74) is 2.79. The topological polar surface area (TPSA) is 29.9 Å². The number of hydrogen-bond acceptors (Lipinski definition) is 2. The van der Waals surface area contributed by atoms with Crippen LogP contribution in [0.3, 0.4) is 0 Å². The van der Waals surface area contributed by atoms with Gasteiger partial charge in [0.25, 0.3) is 0 Å². The van der Waals surface area contributed by atoms with E-state index in [-0.39, 0.29) is 0 Å². The van der Waals surface area contributed by atoms with Gasteiger partial charge in [0, 0.05) is 24.8 Å². The molecule has 0 aliphatic heterocycles. The minimum atomic E-state index is 0.774. The molecule has 1 saturated carbocycles. The average molecular weight is 247 g/mol. The van der Waals surface area contributed by atoms with Crippen molar-refractivity contribution in [2.45, 2.75) is 45.6 Å². The summed E-state index contributed by atoms with van der Waals surface area (Å²) < 4.78 is 1.99. The zero-order valence-electron chi connectivity index (χ0n) is 11.7. The highest BCUT2D eigenvalue weighted by Crippen LogP contribution is 2.30. The maximum absolute atomic E-state index is 4.34. The Hall–Kier alpha value is -1.09. The van der Waals surface area contributed by atoms with Crippen molar-refractivity contribution >= 4 is 6.08 Å². The van der Waals surface area contributed by atoms with Gasteiger partial charge in [0.2, 0.25) is 0 Å². The first kappa shape index (κ1) is 13.3. The van der Waals surface area contributed by atoms with Crippen LogP contribution >= 0.6 is 0 Å². The molecule has 0 atom stereocenters. The third-order valence-corrected chi connectivity index (χ3v) is 3.84. The monoisotopic (exact) mass is 247 g/mol. The number of nitrogens with one attached hydrogen (secondary N) is 1. The Balaban J connectivity index is 2.11. The fourth-order valence-electron chi connectivity index (χ4n) is 2.83. The second-order valence-corrected chi connectivity index (χ2v) is 5.21. The van der Waals surface area contributed by atoms with E-state index in [1.54, 1.807) is 5.57 Å². The number of aryl methyl sites for hydroxylation is 1. The first-order valence-electron chi connectivity index (χ1n) is 7.21. The van der Waals surface area contributed by atoms with Crippen molar-refractivity contribution in [2.24, 2.45) is 5.92 Å². The molecule has 0 spiro atoms. The number of rotatable bonds is 5. The van der Waals surface area contributed by atoms with Crippen molar-refractivity contribution in [2.75, 3.05) is 13.6 Å². The molecule has 0 aromatic carbocycles. The van der Waals surface area contributed by atoms with Gasteiger partial charge >= 0.3 is 0 Å². The molecule has 1 aromatic rings. The Morgan fingerprint density at radius 3 is 2.83 bits per heavy atom.